The molecule has 1 N–H and O–H groups in total. The van der Waals surface area contributed by atoms with Crippen LogP contribution in [0, 0.1) is 0 Å². The summed E-state index contributed by atoms with van der Waals surface area (Å²) in [4.78, 5) is 37.5. The van der Waals surface area contributed by atoms with Gasteiger partial charge in [-0.05, 0) is 70.6 Å². The Kier molecular flexibility index (Phi) is 6.10. The molecule has 2 aromatic carbocycles. The summed E-state index contributed by atoms with van der Waals surface area (Å²) in [5.41, 5.74) is 5.82. The maximum atomic E-state index is 15.9. The van der Waals surface area contributed by atoms with Crippen molar-refractivity contribution in [3.05, 3.63) is 87.9 Å². The van der Waals surface area contributed by atoms with E-state index in [1.807, 2.05) is 10.7 Å². The van der Waals surface area contributed by atoms with Crippen molar-refractivity contribution in [3.63, 3.8) is 0 Å². The molecule has 0 spiro atoms. The molecule has 2 aliphatic heterocycles. The molecule has 1 saturated carbocycles. The molecule has 4 aromatic rings. The second-order valence-electron chi connectivity index (χ2n) is 10.8. The number of carbonyl (C=O) groups excluding carboxylic acids is 2. The summed E-state index contributed by atoms with van der Waals surface area (Å²) >= 11 is 3.51. The molecule has 0 radical (unpaired) electrons. The van der Waals surface area contributed by atoms with E-state index in [1.54, 1.807) is 17.3 Å². The first-order valence-corrected chi connectivity index (χ1v) is 14.4. The van der Waals surface area contributed by atoms with Gasteiger partial charge in [0, 0.05) is 29.5 Å². The van der Waals surface area contributed by atoms with Crippen LogP contribution in [0.1, 0.15) is 70.3 Å². The number of H-pyrrole nitrogens is 1. The molecule has 0 saturated heterocycles. The molecule has 0 unspecified atom stereocenters. The van der Waals surface area contributed by atoms with Crippen molar-refractivity contribution in [2.45, 2.75) is 43.8 Å². The monoisotopic (exact) mass is 602 g/mol. The van der Waals surface area contributed by atoms with E-state index in [9.17, 15) is 9.59 Å². The van der Waals surface area contributed by atoms with Crippen LogP contribution in [0.3, 0.4) is 0 Å². The van der Waals surface area contributed by atoms with E-state index in [0.29, 0.717) is 41.2 Å². The number of hydrogen-bond donors (Lipinski definition) is 1. The molecule has 4 heterocycles. The molecular formula is C30H28BrFN6O2. The molecule has 204 valence electrons. The van der Waals surface area contributed by atoms with Crippen molar-refractivity contribution in [2.75, 3.05) is 19.6 Å². The summed E-state index contributed by atoms with van der Waals surface area (Å²) in [5.74, 6) is 0.0334. The summed E-state index contributed by atoms with van der Waals surface area (Å²) in [5, 5.41) is 4.79. The Bertz CT molecular complexity index is 1660. The van der Waals surface area contributed by atoms with Gasteiger partial charge >= 0.3 is 0 Å². The van der Waals surface area contributed by atoms with Crippen LogP contribution in [0.15, 0.2) is 59.9 Å². The van der Waals surface area contributed by atoms with Gasteiger partial charge in [-0.25, -0.2) is 14.1 Å². The molecule has 40 heavy (non-hydrogen) atoms. The van der Waals surface area contributed by atoms with E-state index < -0.39 is 12.2 Å². The molecule has 8 nitrogen and oxygen atoms in total. The predicted molar refractivity (Wildman–Crippen MR) is 152 cm³/mol. The van der Waals surface area contributed by atoms with Crippen LogP contribution < -0.4 is 0 Å². The Morgan fingerprint density at radius 3 is 2.65 bits per heavy atom. The molecule has 10 heteroatoms. The first-order chi connectivity index (χ1) is 19.4. The minimum absolute atomic E-state index is 0.144. The lowest BCUT2D eigenvalue weighted by Crippen LogP contribution is -2.46. The van der Waals surface area contributed by atoms with E-state index in [0.717, 1.165) is 21.4 Å². The Morgan fingerprint density at radius 1 is 1.12 bits per heavy atom. The fourth-order valence-electron chi connectivity index (χ4n) is 6.33. The van der Waals surface area contributed by atoms with Crippen molar-refractivity contribution in [1.82, 2.24) is 29.5 Å². The quantitative estimate of drug-likeness (QED) is 0.310. The van der Waals surface area contributed by atoms with Crippen LogP contribution >= 0.6 is 15.9 Å². The van der Waals surface area contributed by atoms with Crippen molar-refractivity contribution < 1.29 is 14.0 Å². The highest BCUT2D eigenvalue weighted by molar-refractivity contribution is 9.10. The number of amides is 2. The largest absolute Gasteiger partial charge is 0.344 e. The van der Waals surface area contributed by atoms with Crippen LogP contribution in [0.4, 0.5) is 4.39 Å². The van der Waals surface area contributed by atoms with E-state index in [-0.39, 0.29) is 24.9 Å². The van der Waals surface area contributed by atoms with Gasteiger partial charge in [-0.1, -0.05) is 25.1 Å². The molecule has 1 fully saturated rings. The van der Waals surface area contributed by atoms with Gasteiger partial charge in [0.25, 0.3) is 5.91 Å². The van der Waals surface area contributed by atoms with Gasteiger partial charge in [0.05, 0.1) is 41.4 Å². The Balaban J connectivity index is 1.32. The average molecular weight is 603 g/mol. The summed E-state index contributed by atoms with van der Waals surface area (Å²) in [6, 6.07) is 11.4. The van der Waals surface area contributed by atoms with E-state index in [1.165, 1.54) is 35.8 Å². The van der Waals surface area contributed by atoms with Crippen LogP contribution in [-0.4, -0.2) is 61.0 Å². The standard InChI is InChI=1S/C30H28BrFN6O2/c1-2-25(39)36-14-22(32)29-26-23(38(35-29)19-8-6-18(7-9-19)17-4-3-5-17)12-13-37(24(26)15-36)30(40)20-10-11-21(31)28-27(20)33-16-34-28/h2,6-11,16-17,22,24H,1,3-5,12-15H2,(H,33,34)/t22-,24+/m1/s1. The molecule has 0 bridgehead atoms. The van der Waals surface area contributed by atoms with Gasteiger partial charge in [-0.3, -0.25) is 9.59 Å². The lowest BCUT2D eigenvalue weighted by Gasteiger charge is -2.37. The van der Waals surface area contributed by atoms with Crippen molar-refractivity contribution in [1.29, 1.82) is 0 Å². The number of nitrogens with one attached hydrogen (secondary N) is 1. The summed E-state index contributed by atoms with van der Waals surface area (Å²) in [6.07, 6.45) is 5.49. The summed E-state index contributed by atoms with van der Waals surface area (Å²) in [6.45, 7) is 4.01. The predicted octanol–water partition coefficient (Wildman–Crippen LogP) is 5.56. The smallest absolute Gasteiger partial charge is 0.256 e. The van der Waals surface area contributed by atoms with Crippen molar-refractivity contribution in [2.24, 2.45) is 0 Å². The topological polar surface area (TPSA) is 87.1 Å². The van der Waals surface area contributed by atoms with Gasteiger partial charge in [0.1, 0.15) is 11.2 Å². The fourth-order valence-corrected chi connectivity index (χ4v) is 6.77. The first-order valence-electron chi connectivity index (χ1n) is 13.6. The highest BCUT2D eigenvalue weighted by atomic mass is 79.9. The van der Waals surface area contributed by atoms with Crippen LogP contribution in [0.25, 0.3) is 16.7 Å². The number of fused-ring (bicyclic) bond motifs is 1. The minimum Gasteiger partial charge on any atom is -0.344 e. The highest BCUT2D eigenvalue weighted by Crippen LogP contribution is 2.42. The van der Waals surface area contributed by atoms with E-state index in [2.05, 4.69) is 56.7 Å². The Labute approximate surface area is 239 Å². The number of halogens is 2. The highest BCUT2D eigenvalue weighted by Gasteiger charge is 2.43. The first kappa shape index (κ1) is 25.2. The Morgan fingerprint density at radius 2 is 1.93 bits per heavy atom. The molecule has 3 aliphatic rings. The van der Waals surface area contributed by atoms with Gasteiger partial charge in [-0.2, -0.15) is 5.10 Å². The average Bonchev–Trinajstić information content (AvgIpc) is 3.55. The third kappa shape index (κ3) is 3.91. The lowest BCUT2D eigenvalue weighted by molar-refractivity contribution is -0.127. The number of hydrogen-bond acceptors (Lipinski definition) is 4. The molecular weight excluding hydrogens is 575 g/mol. The third-order valence-electron chi connectivity index (χ3n) is 8.64. The maximum absolute atomic E-state index is 15.9. The number of imidazole rings is 1. The van der Waals surface area contributed by atoms with Crippen LogP contribution in [-0.2, 0) is 11.2 Å². The number of aromatic nitrogens is 4. The van der Waals surface area contributed by atoms with E-state index >= 15 is 4.39 Å². The maximum Gasteiger partial charge on any atom is 0.256 e. The second kappa shape index (κ2) is 9.69. The number of aromatic amines is 1. The molecule has 2 aromatic heterocycles. The molecule has 2 amide bonds. The number of benzene rings is 2. The van der Waals surface area contributed by atoms with Crippen molar-refractivity contribution in [3.8, 4) is 5.69 Å². The molecule has 7 rings (SSSR count). The second-order valence-corrected chi connectivity index (χ2v) is 11.6. The zero-order valence-corrected chi connectivity index (χ0v) is 23.4. The fraction of sp³-hybridized carbons (Fsp3) is 0.333. The lowest BCUT2D eigenvalue weighted by atomic mass is 9.80. The van der Waals surface area contributed by atoms with Gasteiger partial charge in [0.15, 0.2) is 6.17 Å². The minimum atomic E-state index is -1.49. The zero-order valence-electron chi connectivity index (χ0n) is 21.8. The van der Waals surface area contributed by atoms with Crippen LogP contribution in [0.2, 0.25) is 0 Å². The zero-order chi connectivity index (χ0) is 27.5. The van der Waals surface area contributed by atoms with Gasteiger partial charge < -0.3 is 14.8 Å². The van der Waals surface area contributed by atoms with Crippen LogP contribution in [0.5, 0.6) is 0 Å². The Hall–Kier alpha value is -3.79. The normalized spacial score (nSPS) is 20.6. The number of carbonyl (C=O) groups is 2. The third-order valence-corrected chi connectivity index (χ3v) is 9.30. The summed E-state index contributed by atoms with van der Waals surface area (Å²) < 4.78 is 18.5. The SMILES string of the molecule is C=CC(=O)N1C[C@@H](F)c2nn(-c3ccc(C4CCC4)cc3)c3c2[C@H](C1)N(C(=O)c1ccc(Br)c2[nH]cnc12)CC3. The number of rotatable bonds is 4. The number of nitrogens with zero attached hydrogens (tertiary/aromatic N) is 5. The summed E-state index contributed by atoms with van der Waals surface area (Å²) in [7, 11) is 0. The number of alkyl halides is 1. The van der Waals surface area contributed by atoms with Gasteiger partial charge in [-0.15, -0.1) is 0 Å². The van der Waals surface area contributed by atoms with Gasteiger partial charge in [0.2, 0.25) is 5.91 Å². The van der Waals surface area contributed by atoms with Crippen molar-refractivity contribution >= 4 is 38.8 Å². The van der Waals surface area contributed by atoms with E-state index in [4.69, 9.17) is 5.10 Å². The molecule has 1 aliphatic carbocycles. The molecule has 2 atom stereocenters.